The number of para-hydroxylation sites is 1. The largest absolute Gasteiger partial charge is 0.449 e. The Morgan fingerprint density at radius 2 is 1.97 bits per heavy atom. The highest BCUT2D eigenvalue weighted by molar-refractivity contribution is 8.18. The molecule has 4 rings (SSSR count). The molecule has 29 heavy (non-hydrogen) atoms. The van der Waals surface area contributed by atoms with Gasteiger partial charge in [-0.3, -0.25) is 4.79 Å². The summed E-state index contributed by atoms with van der Waals surface area (Å²) in [6, 6.07) is 11.7. The fourth-order valence-electron chi connectivity index (χ4n) is 2.84. The van der Waals surface area contributed by atoms with Gasteiger partial charge in [0, 0.05) is 7.05 Å². The molecule has 0 spiro atoms. The van der Waals surface area contributed by atoms with Crippen LogP contribution in [0.5, 0.6) is 0 Å². The van der Waals surface area contributed by atoms with Crippen molar-refractivity contribution >= 4 is 57.2 Å². The maximum Gasteiger partial charge on any atom is 0.449 e. The van der Waals surface area contributed by atoms with Crippen LogP contribution in [-0.2, 0) is 18.0 Å². The maximum absolute atomic E-state index is 13.0. The first kappa shape index (κ1) is 19.5. The molecule has 1 aromatic heterocycles. The molecular formula is C19H12ClF3N4OS. The number of benzene rings is 2. The first-order chi connectivity index (χ1) is 13.7. The molecular weight excluding hydrogens is 425 g/mol. The van der Waals surface area contributed by atoms with Gasteiger partial charge in [0.15, 0.2) is 5.17 Å². The van der Waals surface area contributed by atoms with E-state index in [1.807, 2.05) is 0 Å². The zero-order valence-electron chi connectivity index (χ0n) is 14.8. The number of thioether (sulfide) groups is 1. The number of carbonyl (C=O) groups is 1. The van der Waals surface area contributed by atoms with Crippen molar-refractivity contribution in [3.05, 3.63) is 63.8 Å². The van der Waals surface area contributed by atoms with Gasteiger partial charge in [-0.05, 0) is 47.7 Å². The number of fused-ring (bicyclic) bond motifs is 1. The van der Waals surface area contributed by atoms with Crippen molar-refractivity contribution in [2.75, 3.05) is 5.32 Å². The van der Waals surface area contributed by atoms with Gasteiger partial charge in [-0.1, -0.05) is 29.8 Å². The number of hydrogen-bond acceptors (Lipinski definition) is 4. The van der Waals surface area contributed by atoms with Gasteiger partial charge in [-0.25, -0.2) is 4.98 Å². The van der Waals surface area contributed by atoms with E-state index in [0.717, 1.165) is 16.3 Å². The van der Waals surface area contributed by atoms with Gasteiger partial charge in [0.25, 0.3) is 5.91 Å². The predicted octanol–water partition coefficient (Wildman–Crippen LogP) is 5.33. The number of aromatic nitrogens is 2. The van der Waals surface area contributed by atoms with Crippen LogP contribution in [0.1, 0.15) is 11.4 Å². The fraction of sp³-hybridized carbons (Fsp3) is 0.105. The molecule has 3 aromatic rings. The SMILES string of the molecule is Cn1c(C(F)(F)F)nc2ccc(/C=C3\SC(Nc4ccccc4Cl)=NC3=O)cc21. The lowest BCUT2D eigenvalue weighted by atomic mass is 10.2. The Morgan fingerprint density at radius 3 is 2.69 bits per heavy atom. The molecule has 148 valence electrons. The third-order valence-corrected chi connectivity index (χ3v) is 5.42. The molecule has 0 fully saturated rings. The van der Waals surface area contributed by atoms with Crippen LogP contribution in [-0.4, -0.2) is 20.6 Å². The Morgan fingerprint density at radius 1 is 1.21 bits per heavy atom. The van der Waals surface area contributed by atoms with Crippen LogP contribution in [0.25, 0.3) is 17.1 Å². The molecule has 5 nitrogen and oxygen atoms in total. The van der Waals surface area contributed by atoms with E-state index in [2.05, 4.69) is 15.3 Å². The topological polar surface area (TPSA) is 59.3 Å². The van der Waals surface area contributed by atoms with Gasteiger partial charge in [-0.15, -0.1) is 0 Å². The molecule has 2 heterocycles. The van der Waals surface area contributed by atoms with Gasteiger partial charge in [-0.2, -0.15) is 18.2 Å². The Kier molecular flexibility index (Phi) is 4.87. The Bertz CT molecular complexity index is 1200. The number of anilines is 1. The lowest BCUT2D eigenvalue weighted by Gasteiger charge is -2.06. The molecule has 1 N–H and O–H groups in total. The molecule has 0 aliphatic carbocycles. The van der Waals surface area contributed by atoms with E-state index < -0.39 is 17.9 Å². The molecule has 2 aromatic carbocycles. The molecule has 1 aliphatic heterocycles. The molecule has 10 heteroatoms. The van der Waals surface area contributed by atoms with Gasteiger partial charge in [0.05, 0.1) is 26.6 Å². The average Bonchev–Trinajstić information content (AvgIpc) is 3.17. The minimum Gasteiger partial charge on any atom is -0.333 e. The van der Waals surface area contributed by atoms with Gasteiger partial charge >= 0.3 is 6.18 Å². The highest BCUT2D eigenvalue weighted by Crippen LogP contribution is 2.33. The lowest BCUT2D eigenvalue weighted by Crippen LogP contribution is -2.12. The molecule has 0 bridgehead atoms. The molecule has 0 saturated heterocycles. The summed E-state index contributed by atoms with van der Waals surface area (Å²) < 4.78 is 40.1. The first-order valence-corrected chi connectivity index (χ1v) is 9.49. The highest BCUT2D eigenvalue weighted by Gasteiger charge is 2.36. The summed E-state index contributed by atoms with van der Waals surface area (Å²) in [4.78, 5) is 20.2. The normalized spacial score (nSPS) is 16.0. The number of nitrogens with one attached hydrogen (secondary N) is 1. The standard InChI is InChI=1S/C19H12ClF3N4OS/c1-27-14-8-10(6-7-13(14)24-17(27)19(21,22)23)9-15-16(28)26-18(29-15)25-12-5-3-2-4-11(12)20/h2-9H,1H3,(H,25,26,28)/b15-9-. The minimum atomic E-state index is -4.54. The zero-order valence-corrected chi connectivity index (χ0v) is 16.4. The Labute approximate surface area is 172 Å². The zero-order chi connectivity index (χ0) is 20.8. The van der Waals surface area contributed by atoms with Crippen LogP contribution in [0.4, 0.5) is 18.9 Å². The van der Waals surface area contributed by atoms with E-state index in [1.54, 1.807) is 42.5 Å². The van der Waals surface area contributed by atoms with E-state index in [-0.39, 0.29) is 5.52 Å². The summed E-state index contributed by atoms with van der Waals surface area (Å²) in [5.41, 5.74) is 1.73. The van der Waals surface area contributed by atoms with Crippen molar-refractivity contribution in [2.45, 2.75) is 6.18 Å². The first-order valence-electron chi connectivity index (χ1n) is 8.30. The monoisotopic (exact) mass is 436 g/mol. The predicted molar refractivity (Wildman–Crippen MR) is 109 cm³/mol. The van der Waals surface area contributed by atoms with E-state index in [1.165, 1.54) is 13.1 Å². The van der Waals surface area contributed by atoms with Crippen LogP contribution in [0.3, 0.4) is 0 Å². The van der Waals surface area contributed by atoms with E-state index in [4.69, 9.17) is 11.6 Å². The van der Waals surface area contributed by atoms with Crippen molar-refractivity contribution in [3.8, 4) is 0 Å². The number of hydrogen-bond donors (Lipinski definition) is 1. The number of aryl methyl sites for hydroxylation is 1. The summed E-state index contributed by atoms with van der Waals surface area (Å²) in [6.07, 6.45) is -2.96. The van der Waals surface area contributed by atoms with E-state index in [0.29, 0.717) is 31.9 Å². The number of amides is 1. The highest BCUT2D eigenvalue weighted by atomic mass is 35.5. The maximum atomic E-state index is 13.0. The summed E-state index contributed by atoms with van der Waals surface area (Å²) in [7, 11) is 1.30. The molecule has 0 radical (unpaired) electrons. The van der Waals surface area contributed by atoms with Crippen molar-refractivity contribution < 1.29 is 18.0 Å². The molecule has 1 aliphatic rings. The van der Waals surface area contributed by atoms with Gasteiger partial charge < -0.3 is 9.88 Å². The van der Waals surface area contributed by atoms with Crippen molar-refractivity contribution in [2.24, 2.45) is 12.0 Å². The third kappa shape index (κ3) is 3.88. The summed E-state index contributed by atoms with van der Waals surface area (Å²) >= 11 is 7.22. The third-order valence-electron chi connectivity index (χ3n) is 4.19. The molecule has 1 amide bonds. The van der Waals surface area contributed by atoms with Gasteiger partial charge in [0.2, 0.25) is 5.82 Å². The van der Waals surface area contributed by atoms with Crippen LogP contribution < -0.4 is 5.32 Å². The number of aliphatic imine (C=N–C) groups is 1. The van der Waals surface area contributed by atoms with Gasteiger partial charge in [0.1, 0.15) is 0 Å². The number of rotatable bonds is 2. The van der Waals surface area contributed by atoms with E-state index in [9.17, 15) is 18.0 Å². The number of amidine groups is 1. The number of alkyl halides is 3. The summed E-state index contributed by atoms with van der Waals surface area (Å²) in [5.74, 6) is -1.41. The summed E-state index contributed by atoms with van der Waals surface area (Å²) in [5, 5.41) is 3.85. The number of halogens is 4. The number of imidazole rings is 1. The molecule has 0 atom stereocenters. The van der Waals surface area contributed by atoms with Crippen LogP contribution in [0, 0.1) is 0 Å². The molecule has 0 saturated carbocycles. The smallest absolute Gasteiger partial charge is 0.333 e. The van der Waals surface area contributed by atoms with Crippen molar-refractivity contribution in [1.82, 2.24) is 9.55 Å². The number of carbonyl (C=O) groups excluding carboxylic acids is 1. The number of nitrogens with zero attached hydrogens (tertiary/aromatic N) is 3. The fourth-order valence-corrected chi connectivity index (χ4v) is 3.85. The van der Waals surface area contributed by atoms with Crippen molar-refractivity contribution in [1.29, 1.82) is 0 Å². The van der Waals surface area contributed by atoms with E-state index >= 15 is 0 Å². The lowest BCUT2D eigenvalue weighted by molar-refractivity contribution is -0.146. The van der Waals surface area contributed by atoms with Crippen LogP contribution in [0.2, 0.25) is 5.02 Å². The average molecular weight is 437 g/mol. The minimum absolute atomic E-state index is 0.227. The molecule has 0 unspecified atom stereocenters. The summed E-state index contributed by atoms with van der Waals surface area (Å²) in [6.45, 7) is 0. The quantitative estimate of drug-likeness (QED) is 0.552. The van der Waals surface area contributed by atoms with Crippen LogP contribution >= 0.6 is 23.4 Å². The second-order valence-corrected chi connectivity index (χ2v) is 7.62. The second kappa shape index (κ2) is 7.23. The second-order valence-electron chi connectivity index (χ2n) is 6.18. The van der Waals surface area contributed by atoms with Crippen molar-refractivity contribution in [3.63, 3.8) is 0 Å². The Balaban J connectivity index is 1.60. The Hall–Kier alpha value is -2.78. The van der Waals surface area contributed by atoms with Crippen LogP contribution in [0.15, 0.2) is 52.4 Å².